The summed E-state index contributed by atoms with van der Waals surface area (Å²) in [7, 11) is 0. The average molecular weight is 298 g/mol. The lowest BCUT2D eigenvalue weighted by Gasteiger charge is -2.34. The molecule has 1 saturated heterocycles. The van der Waals surface area contributed by atoms with Gasteiger partial charge in [-0.05, 0) is 25.7 Å². The Morgan fingerprint density at radius 1 is 1.29 bits per heavy atom. The molecule has 2 rings (SSSR count). The summed E-state index contributed by atoms with van der Waals surface area (Å²) in [4.78, 5) is 14.2. The Kier molecular flexibility index (Phi) is 6.45. The Hall–Kier alpha value is -0.650. The number of morpholine rings is 1. The number of nitrogens with zero attached hydrogens (tertiary/aromatic N) is 1. The Bertz CT molecular complexity index is 321. The van der Waals surface area contributed by atoms with Gasteiger partial charge in [-0.2, -0.15) is 0 Å². The zero-order valence-corrected chi connectivity index (χ0v) is 13.3. The maximum atomic E-state index is 12.0. The van der Waals surface area contributed by atoms with Crippen LogP contribution in [0.1, 0.15) is 45.4 Å². The van der Waals surface area contributed by atoms with Gasteiger partial charge in [0.25, 0.3) is 0 Å². The van der Waals surface area contributed by atoms with Gasteiger partial charge < -0.3 is 15.2 Å². The van der Waals surface area contributed by atoms with E-state index >= 15 is 0 Å². The van der Waals surface area contributed by atoms with Gasteiger partial charge in [0.05, 0.1) is 18.8 Å². The van der Waals surface area contributed by atoms with Crippen LogP contribution in [-0.4, -0.2) is 60.9 Å². The number of ether oxygens (including phenoxy) is 1. The molecule has 122 valence electrons. The van der Waals surface area contributed by atoms with Gasteiger partial charge in [-0.1, -0.05) is 19.3 Å². The van der Waals surface area contributed by atoms with E-state index < -0.39 is 5.60 Å². The molecule has 1 heterocycles. The molecule has 1 amide bonds. The molecule has 21 heavy (non-hydrogen) atoms. The first kappa shape index (κ1) is 16.7. The van der Waals surface area contributed by atoms with Crippen LogP contribution in [0.25, 0.3) is 0 Å². The quantitative estimate of drug-likeness (QED) is 0.772. The normalized spacial score (nSPS) is 24.5. The predicted molar refractivity (Wildman–Crippen MR) is 82.1 cm³/mol. The van der Waals surface area contributed by atoms with Crippen molar-refractivity contribution in [3.63, 3.8) is 0 Å². The van der Waals surface area contributed by atoms with Crippen LogP contribution in [0.4, 0.5) is 0 Å². The van der Waals surface area contributed by atoms with E-state index in [9.17, 15) is 9.90 Å². The van der Waals surface area contributed by atoms with Crippen molar-refractivity contribution >= 4 is 5.91 Å². The summed E-state index contributed by atoms with van der Waals surface area (Å²) in [5.41, 5.74) is -0.875. The molecule has 1 unspecified atom stereocenters. The largest absolute Gasteiger partial charge is 0.387 e. The van der Waals surface area contributed by atoms with Crippen LogP contribution >= 0.6 is 0 Å². The van der Waals surface area contributed by atoms with Crippen molar-refractivity contribution in [3.05, 3.63) is 0 Å². The summed E-state index contributed by atoms with van der Waals surface area (Å²) in [5.74, 6) is 0.632. The van der Waals surface area contributed by atoms with Crippen molar-refractivity contribution < 1.29 is 14.6 Å². The van der Waals surface area contributed by atoms with E-state index in [-0.39, 0.29) is 5.91 Å². The SMILES string of the molecule is CC(O)(CNC(=O)CC1CCCCC1)CN1CCOCC1. The first-order chi connectivity index (χ1) is 10.1. The molecular weight excluding hydrogens is 268 g/mol. The number of rotatable bonds is 6. The number of aliphatic hydroxyl groups is 1. The highest BCUT2D eigenvalue weighted by atomic mass is 16.5. The highest BCUT2D eigenvalue weighted by molar-refractivity contribution is 5.76. The maximum Gasteiger partial charge on any atom is 0.220 e. The molecule has 0 aromatic rings. The fraction of sp³-hybridized carbons (Fsp3) is 0.938. The Morgan fingerprint density at radius 3 is 2.62 bits per heavy atom. The van der Waals surface area contributed by atoms with E-state index in [1.165, 1.54) is 32.1 Å². The van der Waals surface area contributed by atoms with Crippen LogP contribution in [0, 0.1) is 5.92 Å². The van der Waals surface area contributed by atoms with Crippen molar-refractivity contribution in [1.29, 1.82) is 0 Å². The van der Waals surface area contributed by atoms with Crippen molar-refractivity contribution in [3.8, 4) is 0 Å². The lowest BCUT2D eigenvalue weighted by atomic mass is 9.87. The highest BCUT2D eigenvalue weighted by Crippen LogP contribution is 2.26. The number of amides is 1. The van der Waals surface area contributed by atoms with E-state index in [4.69, 9.17) is 4.74 Å². The molecule has 2 aliphatic rings. The molecule has 2 fully saturated rings. The lowest BCUT2D eigenvalue weighted by molar-refractivity contribution is -0.123. The second-order valence-corrected chi connectivity index (χ2v) is 6.87. The van der Waals surface area contributed by atoms with Crippen LogP contribution in [0.15, 0.2) is 0 Å². The number of carbonyl (C=O) groups excluding carboxylic acids is 1. The minimum Gasteiger partial charge on any atom is -0.387 e. The zero-order chi connectivity index (χ0) is 15.1. The van der Waals surface area contributed by atoms with Crippen molar-refractivity contribution in [2.24, 2.45) is 5.92 Å². The van der Waals surface area contributed by atoms with Gasteiger partial charge in [0.1, 0.15) is 0 Å². The molecule has 5 nitrogen and oxygen atoms in total. The van der Waals surface area contributed by atoms with E-state index in [0.717, 1.165) is 26.3 Å². The lowest BCUT2D eigenvalue weighted by Crippen LogP contribution is -2.51. The first-order valence-corrected chi connectivity index (χ1v) is 8.34. The van der Waals surface area contributed by atoms with Gasteiger partial charge >= 0.3 is 0 Å². The third-order valence-corrected chi connectivity index (χ3v) is 4.53. The molecule has 1 atom stereocenters. The van der Waals surface area contributed by atoms with E-state index in [1.54, 1.807) is 6.92 Å². The molecule has 1 aliphatic carbocycles. The molecular formula is C16H30N2O3. The molecule has 0 aromatic carbocycles. The van der Waals surface area contributed by atoms with Crippen molar-refractivity contribution in [2.45, 2.75) is 51.0 Å². The third-order valence-electron chi connectivity index (χ3n) is 4.53. The molecule has 0 radical (unpaired) electrons. The Morgan fingerprint density at radius 2 is 1.95 bits per heavy atom. The maximum absolute atomic E-state index is 12.0. The van der Waals surface area contributed by atoms with E-state index in [0.29, 0.717) is 25.4 Å². The Balaban J connectivity index is 1.66. The fourth-order valence-corrected chi connectivity index (χ4v) is 3.31. The summed E-state index contributed by atoms with van der Waals surface area (Å²) < 4.78 is 5.30. The van der Waals surface area contributed by atoms with Crippen molar-refractivity contribution in [1.82, 2.24) is 10.2 Å². The van der Waals surface area contributed by atoms with Gasteiger partial charge in [0.15, 0.2) is 0 Å². The number of β-amino-alcohol motifs (C(OH)–C–C–N with tert-alkyl or cyclic N) is 1. The number of hydrogen-bond donors (Lipinski definition) is 2. The monoisotopic (exact) mass is 298 g/mol. The number of carbonyl (C=O) groups is 1. The van der Waals surface area contributed by atoms with Gasteiger partial charge in [-0.15, -0.1) is 0 Å². The standard InChI is InChI=1S/C16H30N2O3/c1-16(20,13-18-7-9-21-10-8-18)12-17-15(19)11-14-5-3-2-4-6-14/h14,20H,2-13H2,1H3,(H,17,19). The van der Waals surface area contributed by atoms with Crippen LogP contribution < -0.4 is 5.32 Å². The van der Waals surface area contributed by atoms with Crippen LogP contribution in [0.3, 0.4) is 0 Å². The van der Waals surface area contributed by atoms with E-state index in [1.807, 2.05) is 0 Å². The second kappa shape index (κ2) is 8.11. The molecule has 2 N–H and O–H groups in total. The van der Waals surface area contributed by atoms with Gasteiger partial charge in [-0.3, -0.25) is 9.69 Å². The number of nitrogens with one attached hydrogen (secondary N) is 1. The van der Waals surface area contributed by atoms with Crippen LogP contribution in [-0.2, 0) is 9.53 Å². The Labute approximate surface area is 128 Å². The van der Waals surface area contributed by atoms with Crippen LogP contribution in [0.2, 0.25) is 0 Å². The fourth-order valence-electron chi connectivity index (χ4n) is 3.31. The topological polar surface area (TPSA) is 61.8 Å². The summed E-state index contributed by atoms with van der Waals surface area (Å²) >= 11 is 0. The summed E-state index contributed by atoms with van der Waals surface area (Å²) in [6.07, 6.45) is 6.80. The van der Waals surface area contributed by atoms with Gasteiger partial charge in [0.2, 0.25) is 5.91 Å². The molecule has 0 aromatic heterocycles. The molecule has 1 saturated carbocycles. The second-order valence-electron chi connectivity index (χ2n) is 6.87. The predicted octanol–water partition coefficient (Wildman–Crippen LogP) is 1.16. The van der Waals surface area contributed by atoms with Crippen molar-refractivity contribution in [2.75, 3.05) is 39.4 Å². The molecule has 0 spiro atoms. The minimum atomic E-state index is -0.875. The average Bonchev–Trinajstić information content (AvgIpc) is 2.47. The molecule has 0 bridgehead atoms. The minimum absolute atomic E-state index is 0.0872. The van der Waals surface area contributed by atoms with Crippen LogP contribution in [0.5, 0.6) is 0 Å². The summed E-state index contributed by atoms with van der Waals surface area (Å²) in [6, 6.07) is 0. The van der Waals surface area contributed by atoms with E-state index in [2.05, 4.69) is 10.2 Å². The molecule has 1 aliphatic heterocycles. The zero-order valence-electron chi connectivity index (χ0n) is 13.3. The highest BCUT2D eigenvalue weighted by Gasteiger charge is 2.26. The van der Waals surface area contributed by atoms with Gasteiger partial charge in [-0.25, -0.2) is 0 Å². The summed E-state index contributed by atoms with van der Waals surface area (Å²) in [5, 5.41) is 13.3. The van der Waals surface area contributed by atoms with Gasteiger partial charge in [0, 0.05) is 32.6 Å². The number of hydrogen-bond acceptors (Lipinski definition) is 4. The first-order valence-electron chi connectivity index (χ1n) is 8.34. The molecule has 5 heteroatoms. The third kappa shape index (κ3) is 6.32. The summed E-state index contributed by atoms with van der Waals surface area (Å²) in [6.45, 7) is 5.87. The smallest absolute Gasteiger partial charge is 0.220 e.